The van der Waals surface area contributed by atoms with Crippen LogP contribution in [0.2, 0.25) is 0 Å². The van der Waals surface area contributed by atoms with Crippen LogP contribution in [0, 0.1) is 7.11 Å². The summed E-state index contributed by atoms with van der Waals surface area (Å²) in [6.07, 6.45) is 0. The summed E-state index contributed by atoms with van der Waals surface area (Å²) in [6, 6.07) is 0. The van der Waals surface area contributed by atoms with Crippen LogP contribution in [0.4, 0.5) is 0 Å². The van der Waals surface area contributed by atoms with Gasteiger partial charge < -0.3 is 10.5 Å². The fourth-order valence-corrected chi connectivity index (χ4v) is 0.186. The lowest BCUT2D eigenvalue weighted by Gasteiger charge is -2.13. The van der Waals surface area contributed by atoms with Crippen LogP contribution in [0.5, 0.6) is 0 Å². The minimum atomic E-state index is -0.915. The normalized spacial score (nSPS) is 11.0. The van der Waals surface area contributed by atoms with Gasteiger partial charge in [-0.25, -0.2) is 0 Å². The Hall–Kier alpha value is -0.570. The number of ether oxygens (including phenoxy) is 1. The smallest absolute Gasteiger partial charge is 0.325 e. The van der Waals surface area contributed by atoms with Crippen molar-refractivity contribution in [3.05, 3.63) is 7.11 Å². The fraction of sp³-hybridized carbons (Fsp3) is 0.600. The largest absolute Gasteiger partial charge is 0.461 e. The predicted molar refractivity (Wildman–Crippen MR) is 29.7 cm³/mol. The van der Waals surface area contributed by atoms with E-state index in [2.05, 4.69) is 11.8 Å². The maximum Gasteiger partial charge on any atom is 0.325 e. The zero-order valence-electron chi connectivity index (χ0n) is 5.10. The lowest BCUT2D eigenvalue weighted by molar-refractivity contribution is -0.143. The first-order chi connectivity index (χ1) is 3.48. The molecule has 0 aliphatic rings. The molecule has 0 aliphatic carbocycles. The van der Waals surface area contributed by atoms with E-state index in [1.165, 1.54) is 0 Å². The minimum absolute atomic E-state index is 0.502. The predicted octanol–water partition coefficient (Wildman–Crippen LogP) is 0.0585. The van der Waals surface area contributed by atoms with Gasteiger partial charge in [-0.05, 0) is 13.8 Å². The van der Waals surface area contributed by atoms with Crippen molar-refractivity contribution in [1.82, 2.24) is 0 Å². The zero-order chi connectivity index (χ0) is 6.78. The summed E-state index contributed by atoms with van der Waals surface area (Å²) in [5.41, 5.74) is 4.36. The molecule has 47 valence electrons. The van der Waals surface area contributed by atoms with Crippen molar-refractivity contribution in [1.29, 1.82) is 0 Å². The van der Waals surface area contributed by atoms with Gasteiger partial charge in [-0.1, -0.05) is 0 Å². The molecule has 0 fully saturated rings. The lowest BCUT2D eigenvalue weighted by Crippen LogP contribution is -2.41. The first-order valence-corrected chi connectivity index (χ1v) is 2.24. The molecule has 3 nitrogen and oxygen atoms in total. The summed E-state index contributed by atoms with van der Waals surface area (Å²) < 4.78 is 4.10. The summed E-state index contributed by atoms with van der Waals surface area (Å²) in [5, 5.41) is 0. The Labute approximate surface area is 48.8 Å². The van der Waals surface area contributed by atoms with Crippen molar-refractivity contribution < 1.29 is 9.53 Å². The third-order valence-electron chi connectivity index (χ3n) is 0.657. The van der Waals surface area contributed by atoms with E-state index >= 15 is 0 Å². The molecule has 0 heterocycles. The van der Waals surface area contributed by atoms with Crippen molar-refractivity contribution in [2.75, 3.05) is 0 Å². The molecule has 0 aromatic heterocycles. The second kappa shape index (κ2) is 2.13. The SMILES string of the molecule is [CH2]OC(=O)C(C)(C)N. The Balaban J connectivity index is 3.82. The van der Waals surface area contributed by atoms with E-state index < -0.39 is 11.5 Å². The third kappa shape index (κ3) is 1.93. The van der Waals surface area contributed by atoms with Crippen LogP contribution in [-0.2, 0) is 9.53 Å². The van der Waals surface area contributed by atoms with E-state index in [0.29, 0.717) is 0 Å². The number of carbonyl (C=O) groups is 1. The average molecular weight is 116 g/mol. The van der Waals surface area contributed by atoms with Gasteiger partial charge in [0.05, 0.1) is 0 Å². The van der Waals surface area contributed by atoms with E-state index in [9.17, 15) is 4.79 Å². The molecule has 0 aromatic rings. The molecule has 0 atom stereocenters. The minimum Gasteiger partial charge on any atom is -0.461 e. The molecule has 1 radical (unpaired) electrons. The van der Waals surface area contributed by atoms with E-state index in [1.54, 1.807) is 13.8 Å². The third-order valence-corrected chi connectivity index (χ3v) is 0.657. The number of rotatable bonds is 1. The van der Waals surface area contributed by atoms with Crippen LogP contribution < -0.4 is 5.73 Å². The second-order valence-electron chi connectivity index (χ2n) is 2.15. The molecule has 0 unspecified atom stereocenters. The number of esters is 1. The summed E-state index contributed by atoms with van der Waals surface area (Å²) in [4.78, 5) is 10.4. The van der Waals surface area contributed by atoms with Crippen molar-refractivity contribution in [3.63, 3.8) is 0 Å². The quantitative estimate of drug-likeness (QED) is 0.493. The Morgan fingerprint density at radius 1 is 1.75 bits per heavy atom. The average Bonchev–Trinajstić information content (AvgIpc) is 1.62. The monoisotopic (exact) mass is 116 g/mol. The van der Waals surface area contributed by atoms with Gasteiger partial charge in [-0.2, -0.15) is 0 Å². The van der Waals surface area contributed by atoms with Crippen molar-refractivity contribution in [2.45, 2.75) is 19.4 Å². The molecule has 0 rings (SSSR count). The van der Waals surface area contributed by atoms with Crippen LogP contribution in [0.15, 0.2) is 0 Å². The van der Waals surface area contributed by atoms with Crippen molar-refractivity contribution in [2.24, 2.45) is 5.73 Å². The Morgan fingerprint density at radius 2 is 2.12 bits per heavy atom. The Morgan fingerprint density at radius 3 is 2.12 bits per heavy atom. The van der Waals surface area contributed by atoms with Gasteiger partial charge in [0, 0.05) is 0 Å². The molecule has 0 aliphatic heterocycles. The first kappa shape index (κ1) is 7.43. The molecule has 2 N–H and O–H groups in total. The number of hydrogen-bond acceptors (Lipinski definition) is 3. The van der Waals surface area contributed by atoms with Gasteiger partial charge in [0.25, 0.3) is 0 Å². The molecule has 0 aromatic carbocycles. The Bertz CT molecular complexity index is 93.1. The molecule has 0 amide bonds. The van der Waals surface area contributed by atoms with Crippen LogP contribution in [0.3, 0.4) is 0 Å². The highest BCUT2D eigenvalue weighted by atomic mass is 16.5. The number of nitrogens with two attached hydrogens (primary N) is 1. The molecule has 3 heteroatoms. The summed E-state index contributed by atoms with van der Waals surface area (Å²) in [7, 11) is 2.92. The summed E-state index contributed by atoms with van der Waals surface area (Å²) in [5.74, 6) is -0.502. The number of hydrogen-bond donors (Lipinski definition) is 1. The molecular formula is C5H10NO2. The number of carbonyl (C=O) groups excluding carboxylic acids is 1. The van der Waals surface area contributed by atoms with Gasteiger partial charge in [-0.3, -0.25) is 4.79 Å². The Kier molecular flexibility index (Phi) is 1.98. The zero-order valence-corrected chi connectivity index (χ0v) is 5.10. The van der Waals surface area contributed by atoms with Gasteiger partial charge in [0.1, 0.15) is 12.6 Å². The van der Waals surface area contributed by atoms with Crippen LogP contribution >= 0.6 is 0 Å². The molecule has 0 saturated carbocycles. The topological polar surface area (TPSA) is 52.3 Å². The van der Waals surface area contributed by atoms with Gasteiger partial charge in [0.15, 0.2) is 0 Å². The summed E-state index contributed by atoms with van der Waals surface area (Å²) >= 11 is 0. The van der Waals surface area contributed by atoms with E-state index in [4.69, 9.17) is 5.73 Å². The van der Waals surface area contributed by atoms with Crippen LogP contribution in [0.1, 0.15) is 13.8 Å². The van der Waals surface area contributed by atoms with Crippen molar-refractivity contribution in [3.8, 4) is 0 Å². The lowest BCUT2D eigenvalue weighted by atomic mass is 10.1. The standard InChI is InChI=1S/C5H10NO2/c1-5(2,6)4(7)8-3/h3,6H2,1-2H3. The maximum atomic E-state index is 10.4. The van der Waals surface area contributed by atoms with Gasteiger partial charge >= 0.3 is 5.97 Å². The summed E-state index contributed by atoms with van der Waals surface area (Å²) in [6.45, 7) is 3.11. The van der Waals surface area contributed by atoms with Gasteiger partial charge in [0.2, 0.25) is 0 Å². The van der Waals surface area contributed by atoms with Crippen LogP contribution in [0.25, 0.3) is 0 Å². The highest BCUT2D eigenvalue weighted by Crippen LogP contribution is 1.97. The highest BCUT2D eigenvalue weighted by molar-refractivity contribution is 5.79. The van der Waals surface area contributed by atoms with E-state index in [1.807, 2.05) is 0 Å². The highest BCUT2D eigenvalue weighted by Gasteiger charge is 2.21. The second-order valence-corrected chi connectivity index (χ2v) is 2.15. The molecule has 8 heavy (non-hydrogen) atoms. The molecule has 0 spiro atoms. The van der Waals surface area contributed by atoms with Crippen LogP contribution in [-0.4, -0.2) is 11.5 Å². The maximum absolute atomic E-state index is 10.4. The van der Waals surface area contributed by atoms with E-state index in [0.717, 1.165) is 0 Å². The molecular weight excluding hydrogens is 106 g/mol. The van der Waals surface area contributed by atoms with E-state index in [-0.39, 0.29) is 0 Å². The fourth-order valence-electron chi connectivity index (χ4n) is 0.186. The first-order valence-electron chi connectivity index (χ1n) is 2.24. The van der Waals surface area contributed by atoms with Crippen molar-refractivity contribution >= 4 is 5.97 Å². The van der Waals surface area contributed by atoms with Gasteiger partial charge in [-0.15, -0.1) is 0 Å². The molecule has 0 bridgehead atoms. The molecule has 0 saturated heterocycles.